The molecule has 1 atom stereocenters. The Kier molecular flexibility index (Phi) is 6.27. The summed E-state index contributed by atoms with van der Waals surface area (Å²) in [6.45, 7) is 1.40. The van der Waals surface area contributed by atoms with Crippen molar-refractivity contribution in [2.75, 3.05) is 5.32 Å². The summed E-state index contributed by atoms with van der Waals surface area (Å²) in [5.41, 5.74) is 0.688. The van der Waals surface area contributed by atoms with Crippen molar-refractivity contribution < 1.29 is 14.3 Å². The summed E-state index contributed by atoms with van der Waals surface area (Å²) in [7, 11) is 0. The standard InChI is InChI=1S/C17H11Cl3N2O3/c1-9(16(23)22-11-4-2-3-10(7-11)8-21)25-17(24)14-12(18)5-6-13(19)15(14)20/h2-7,9H,1H3,(H,22,23). The normalized spacial score (nSPS) is 11.3. The molecule has 0 aromatic heterocycles. The van der Waals surface area contributed by atoms with E-state index >= 15 is 0 Å². The van der Waals surface area contributed by atoms with Crippen molar-refractivity contribution in [3.8, 4) is 6.07 Å². The average Bonchev–Trinajstić information content (AvgIpc) is 2.58. The van der Waals surface area contributed by atoms with E-state index in [1.54, 1.807) is 18.2 Å². The molecule has 0 aliphatic heterocycles. The summed E-state index contributed by atoms with van der Waals surface area (Å²) in [5, 5.41) is 11.6. The number of amides is 1. The molecule has 0 aliphatic rings. The molecule has 1 unspecified atom stereocenters. The number of carbonyl (C=O) groups is 2. The number of nitriles is 1. The second kappa shape index (κ2) is 8.21. The first-order chi connectivity index (χ1) is 11.8. The number of carbonyl (C=O) groups excluding carboxylic acids is 2. The summed E-state index contributed by atoms with van der Waals surface area (Å²) >= 11 is 17.8. The first kappa shape index (κ1) is 19.1. The van der Waals surface area contributed by atoms with Gasteiger partial charge in [-0.1, -0.05) is 40.9 Å². The van der Waals surface area contributed by atoms with Crippen molar-refractivity contribution in [2.24, 2.45) is 0 Å². The van der Waals surface area contributed by atoms with Crippen molar-refractivity contribution in [2.45, 2.75) is 13.0 Å². The van der Waals surface area contributed by atoms with Crippen molar-refractivity contribution in [1.29, 1.82) is 5.26 Å². The number of benzene rings is 2. The zero-order valence-corrected chi connectivity index (χ0v) is 15.1. The lowest BCUT2D eigenvalue weighted by atomic mass is 10.2. The van der Waals surface area contributed by atoms with E-state index in [1.807, 2.05) is 6.07 Å². The van der Waals surface area contributed by atoms with Crippen molar-refractivity contribution in [3.05, 3.63) is 62.6 Å². The Morgan fingerprint density at radius 3 is 2.52 bits per heavy atom. The van der Waals surface area contributed by atoms with Gasteiger partial charge >= 0.3 is 5.97 Å². The molecule has 0 spiro atoms. The van der Waals surface area contributed by atoms with Gasteiger partial charge in [-0.05, 0) is 37.3 Å². The number of esters is 1. The topological polar surface area (TPSA) is 79.2 Å². The van der Waals surface area contributed by atoms with Crippen LogP contribution in [0, 0.1) is 11.3 Å². The summed E-state index contributed by atoms with van der Waals surface area (Å²) in [5.74, 6) is -1.44. The van der Waals surface area contributed by atoms with Crippen LogP contribution in [0.4, 0.5) is 5.69 Å². The van der Waals surface area contributed by atoms with Crippen molar-refractivity contribution >= 4 is 52.4 Å². The molecule has 0 aliphatic carbocycles. The van der Waals surface area contributed by atoms with E-state index < -0.39 is 18.0 Å². The number of anilines is 1. The largest absolute Gasteiger partial charge is 0.449 e. The molecule has 128 valence electrons. The summed E-state index contributed by atoms with van der Waals surface area (Å²) in [6, 6.07) is 11.1. The third-order valence-corrected chi connectivity index (χ3v) is 4.28. The fraction of sp³-hybridized carbons (Fsp3) is 0.118. The zero-order valence-electron chi connectivity index (χ0n) is 12.8. The molecule has 2 aromatic carbocycles. The molecule has 2 rings (SSSR count). The minimum absolute atomic E-state index is 0.0477. The molecule has 0 heterocycles. The SMILES string of the molecule is CC(OC(=O)c1c(Cl)ccc(Cl)c1Cl)C(=O)Nc1cccc(C#N)c1. The van der Waals surface area contributed by atoms with Crippen molar-refractivity contribution in [3.63, 3.8) is 0 Å². The third-order valence-electron chi connectivity index (χ3n) is 3.16. The van der Waals surface area contributed by atoms with Gasteiger partial charge in [0.25, 0.3) is 5.91 Å². The molecule has 1 N–H and O–H groups in total. The number of rotatable bonds is 4. The maximum Gasteiger partial charge on any atom is 0.342 e. The van der Waals surface area contributed by atoms with E-state index in [4.69, 9.17) is 44.8 Å². The predicted octanol–water partition coefficient (Wildman–Crippen LogP) is 4.70. The van der Waals surface area contributed by atoms with Crippen LogP contribution < -0.4 is 5.32 Å². The molecule has 0 fully saturated rings. The fourth-order valence-corrected chi connectivity index (χ4v) is 2.58. The van der Waals surface area contributed by atoms with Crippen LogP contribution in [0.2, 0.25) is 15.1 Å². The third kappa shape index (κ3) is 4.64. The number of hydrogen-bond acceptors (Lipinski definition) is 4. The van der Waals surface area contributed by atoms with Crippen LogP contribution >= 0.6 is 34.8 Å². The Bertz CT molecular complexity index is 878. The van der Waals surface area contributed by atoms with Crippen molar-refractivity contribution in [1.82, 2.24) is 0 Å². The fourth-order valence-electron chi connectivity index (χ4n) is 1.90. The van der Waals surface area contributed by atoms with Gasteiger partial charge in [0.15, 0.2) is 6.10 Å². The molecule has 0 bridgehead atoms. The Morgan fingerprint density at radius 1 is 1.16 bits per heavy atom. The van der Waals surface area contributed by atoms with Crippen LogP contribution in [0.1, 0.15) is 22.8 Å². The van der Waals surface area contributed by atoms with Crippen LogP contribution in [0.5, 0.6) is 0 Å². The number of nitrogens with one attached hydrogen (secondary N) is 1. The van der Waals surface area contributed by atoms with Gasteiger partial charge in [0.1, 0.15) is 0 Å². The second-order valence-electron chi connectivity index (χ2n) is 4.95. The van der Waals surface area contributed by atoms with Gasteiger partial charge in [0.05, 0.1) is 32.3 Å². The highest BCUT2D eigenvalue weighted by Gasteiger charge is 2.24. The lowest BCUT2D eigenvalue weighted by Gasteiger charge is -2.15. The minimum Gasteiger partial charge on any atom is -0.449 e. The number of hydrogen-bond donors (Lipinski definition) is 1. The first-order valence-corrected chi connectivity index (χ1v) is 8.12. The van der Waals surface area contributed by atoms with E-state index in [9.17, 15) is 9.59 Å². The van der Waals surface area contributed by atoms with E-state index in [0.717, 1.165) is 0 Å². The van der Waals surface area contributed by atoms with Gasteiger partial charge in [0, 0.05) is 5.69 Å². The monoisotopic (exact) mass is 396 g/mol. The average molecular weight is 398 g/mol. The van der Waals surface area contributed by atoms with Gasteiger partial charge in [-0.25, -0.2) is 4.79 Å². The van der Waals surface area contributed by atoms with E-state index in [1.165, 1.54) is 25.1 Å². The maximum atomic E-state index is 12.2. The molecule has 25 heavy (non-hydrogen) atoms. The number of ether oxygens (including phenoxy) is 1. The summed E-state index contributed by atoms with van der Waals surface area (Å²) in [4.78, 5) is 24.4. The molecular weight excluding hydrogens is 387 g/mol. The van der Waals surface area contributed by atoms with E-state index in [2.05, 4.69) is 5.32 Å². The number of halogens is 3. The molecule has 8 heteroatoms. The first-order valence-electron chi connectivity index (χ1n) is 6.99. The van der Waals surface area contributed by atoms with Gasteiger partial charge < -0.3 is 10.1 Å². The highest BCUT2D eigenvalue weighted by molar-refractivity contribution is 6.46. The predicted molar refractivity (Wildman–Crippen MR) is 96.1 cm³/mol. The zero-order chi connectivity index (χ0) is 18.6. The molecule has 0 saturated heterocycles. The molecule has 1 amide bonds. The van der Waals surface area contributed by atoms with Crippen LogP contribution in [0.3, 0.4) is 0 Å². The molecule has 5 nitrogen and oxygen atoms in total. The summed E-state index contributed by atoms with van der Waals surface area (Å²) < 4.78 is 5.10. The lowest BCUT2D eigenvalue weighted by Crippen LogP contribution is -2.30. The quantitative estimate of drug-likeness (QED) is 0.599. The Hall–Kier alpha value is -2.26. The van der Waals surface area contributed by atoms with Crippen LogP contribution in [0.15, 0.2) is 36.4 Å². The maximum absolute atomic E-state index is 12.2. The van der Waals surface area contributed by atoms with Gasteiger partial charge in [0.2, 0.25) is 0 Å². The van der Waals surface area contributed by atoms with E-state index in [-0.39, 0.29) is 20.6 Å². The molecular formula is C17H11Cl3N2O3. The van der Waals surface area contributed by atoms with Crippen LogP contribution in [0.25, 0.3) is 0 Å². The van der Waals surface area contributed by atoms with Crippen LogP contribution in [-0.4, -0.2) is 18.0 Å². The Balaban J connectivity index is 2.10. The van der Waals surface area contributed by atoms with E-state index in [0.29, 0.717) is 11.3 Å². The van der Waals surface area contributed by atoms with Gasteiger partial charge in [-0.15, -0.1) is 0 Å². The minimum atomic E-state index is -1.12. The summed E-state index contributed by atoms with van der Waals surface area (Å²) in [6.07, 6.45) is -1.12. The second-order valence-corrected chi connectivity index (χ2v) is 6.14. The molecule has 0 saturated carbocycles. The smallest absolute Gasteiger partial charge is 0.342 e. The molecule has 2 aromatic rings. The van der Waals surface area contributed by atoms with Gasteiger partial charge in [-0.3, -0.25) is 4.79 Å². The number of nitrogens with zero attached hydrogens (tertiary/aromatic N) is 1. The molecule has 0 radical (unpaired) electrons. The Labute approximate surface area is 159 Å². The van der Waals surface area contributed by atoms with Gasteiger partial charge in [-0.2, -0.15) is 5.26 Å². The highest BCUT2D eigenvalue weighted by Crippen LogP contribution is 2.32. The Morgan fingerprint density at radius 2 is 1.84 bits per heavy atom. The van der Waals surface area contributed by atoms with Crippen LogP contribution in [-0.2, 0) is 9.53 Å². The highest BCUT2D eigenvalue weighted by atomic mass is 35.5. The lowest BCUT2D eigenvalue weighted by molar-refractivity contribution is -0.123.